The predicted octanol–water partition coefficient (Wildman–Crippen LogP) is 2.74. The minimum Gasteiger partial charge on any atom is -0.382 e. The minimum atomic E-state index is -0.0985. The van der Waals surface area contributed by atoms with E-state index in [0.717, 1.165) is 43.5 Å². The molecule has 4 nitrogen and oxygen atoms in total. The molecule has 1 aliphatic heterocycles. The summed E-state index contributed by atoms with van der Waals surface area (Å²) < 4.78 is 5.42. The van der Waals surface area contributed by atoms with E-state index in [2.05, 4.69) is 16.8 Å². The fraction of sp³-hybridized carbons (Fsp3) is 0.647. The lowest BCUT2D eigenvalue weighted by Gasteiger charge is -2.38. The van der Waals surface area contributed by atoms with Crippen LogP contribution in [0.5, 0.6) is 0 Å². The third-order valence-corrected chi connectivity index (χ3v) is 4.35. The number of hydrogen-bond donors (Lipinski definition) is 0. The highest BCUT2D eigenvalue weighted by atomic mass is 16.5. The molecule has 21 heavy (non-hydrogen) atoms. The molecule has 0 saturated carbocycles. The van der Waals surface area contributed by atoms with Gasteiger partial charge in [0.25, 0.3) is 0 Å². The first-order chi connectivity index (χ1) is 10.1. The first-order valence-electron chi connectivity index (χ1n) is 7.82. The molecule has 1 aliphatic rings. The molecule has 116 valence electrons. The molecule has 1 aromatic rings. The molecule has 0 aromatic carbocycles. The van der Waals surface area contributed by atoms with Gasteiger partial charge in [-0.1, -0.05) is 19.4 Å². The fourth-order valence-electron chi connectivity index (χ4n) is 3.42. The van der Waals surface area contributed by atoms with Gasteiger partial charge in [-0.15, -0.1) is 0 Å². The van der Waals surface area contributed by atoms with Crippen molar-refractivity contribution in [3.63, 3.8) is 0 Å². The zero-order chi connectivity index (χ0) is 15.3. The van der Waals surface area contributed by atoms with Crippen LogP contribution >= 0.6 is 0 Å². The van der Waals surface area contributed by atoms with Crippen molar-refractivity contribution in [3.8, 4) is 0 Å². The Morgan fingerprint density at radius 2 is 2.29 bits per heavy atom. The monoisotopic (exact) mass is 290 g/mol. The summed E-state index contributed by atoms with van der Waals surface area (Å²) in [6, 6.07) is 3.95. The number of carbonyl (C=O) groups excluding carboxylic acids is 1. The van der Waals surface area contributed by atoms with Crippen molar-refractivity contribution in [1.82, 2.24) is 9.88 Å². The molecular weight excluding hydrogens is 264 g/mol. The van der Waals surface area contributed by atoms with E-state index in [1.54, 1.807) is 13.3 Å². The maximum absolute atomic E-state index is 12.7. The van der Waals surface area contributed by atoms with Crippen molar-refractivity contribution >= 4 is 5.91 Å². The zero-order valence-electron chi connectivity index (χ0n) is 13.4. The third kappa shape index (κ3) is 3.62. The number of likely N-dealkylation sites (tertiary alicyclic amines) is 1. The summed E-state index contributed by atoms with van der Waals surface area (Å²) in [7, 11) is 1.72. The molecule has 0 bridgehead atoms. The number of aromatic nitrogens is 1. The lowest BCUT2D eigenvalue weighted by molar-refractivity contribution is -0.137. The number of rotatable bonds is 6. The van der Waals surface area contributed by atoms with E-state index < -0.39 is 0 Å². The summed E-state index contributed by atoms with van der Waals surface area (Å²) in [6.07, 6.45) is 6.44. The van der Waals surface area contributed by atoms with Crippen LogP contribution < -0.4 is 0 Å². The third-order valence-electron chi connectivity index (χ3n) is 4.35. The average molecular weight is 290 g/mol. The van der Waals surface area contributed by atoms with Crippen LogP contribution in [0.2, 0.25) is 0 Å². The van der Waals surface area contributed by atoms with Crippen LogP contribution in [0, 0.1) is 6.92 Å². The van der Waals surface area contributed by atoms with Crippen LogP contribution in [-0.2, 0) is 16.0 Å². The molecule has 1 amide bonds. The Kier molecular flexibility index (Phi) is 5.34. The molecule has 0 unspecified atom stereocenters. The second kappa shape index (κ2) is 7.03. The number of amides is 1. The van der Waals surface area contributed by atoms with Crippen molar-refractivity contribution in [3.05, 3.63) is 29.6 Å². The molecule has 4 heteroatoms. The molecule has 2 heterocycles. The molecular formula is C17H26N2O2. The van der Waals surface area contributed by atoms with Gasteiger partial charge in [0.15, 0.2) is 0 Å². The van der Waals surface area contributed by atoms with Crippen LogP contribution in [0.15, 0.2) is 18.3 Å². The second-order valence-corrected chi connectivity index (χ2v) is 6.04. The Morgan fingerprint density at radius 1 is 1.48 bits per heavy atom. The van der Waals surface area contributed by atoms with Crippen molar-refractivity contribution in [1.29, 1.82) is 0 Å². The van der Waals surface area contributed by atoms with E-state index in [0.29, 0.717) is 13.0 Å². The van der Waals surface area contributed by atoms with Crippen LogP contribution in [-0.4, -0.2) is 41.6 Å². The lowest BCUT2D eigenvalue weighted by atomic mass is 9.91. The highest BCUT2D eigenvalue weighted by Gasteiger charge is 2.42. The maximum Gasteiger partial charge on any atom is 0.227 e. The summed E-state index contributed by atoms with van der Waals surface area (Å²) in [5, 5.41) is 0. The zero-order valence-corrected chi connectivity index (χ0v) is 13.4. The van der Waals surface area contributed by atoms with Crippen molar-refractivity contribution in [2.45, 2.75) is 51.5 Å². The number of ether oxygens (including phenoxy) is 1. The Morgan fingerprint density at radius 3 is 2.90 bits per heavy atom. The predicted molar refractivity (Wildman–Crippen MR) is 83.1 cm³/mol. The highest BCUT2D eigenvalue weighted by molar-refractivity contribution is 5.79. The van der Waals surface area contributed by atoms with Gasteiger partial charge in [0.2, 0.25) is 5.91 Å². The summed E-state index contributed by atoms with van der Waals surface area (Å²) in [5.74, 6) is 0.198. The summed E-state index contributed by atoms with van der Waals surface area (Å²) >= 11 is 0. The normalized spacial score (nSPS) is 21.8. The molecule has 0 radical (unpaired) electrons. The van der Waals surface area contributed by atoms with Gasteiger partial charge in [-0.25, -0.2) is 0 Å². The molecule has 0 aliphatic carbocycles. The van der Waals surface area contributed by atoms with Gasteiger partial charge >= 0.3 is 0 Å². The number of hydrogen-bond acceptors (Lipinski definition) is 3. The highest BCUT2D eigenvalue weighted by Crippen LogP contribution is 2.34. The lowest BCUT2D eigenvalue weighted by Crippen LogP contribution is -2.51. The van der Waals surface area contributed by atoms with E-state index in [-0.39, 0.29) is 11.4 Å². The van der Waals surface area contributed by atoms with Crippen LogP contribution in [0.25, 0.3) is 0 Å². The van der Waals surface area contributed by atoms with Gasteiger partial charge in [0, 0.05) is 25.5 Å². The first-order valence-corrected chi connectivity index (χ1v) is 7.82. The first kappa shape index (κ1) is 16.0. The van der Waals surface area contributed by atoms with Crippen LogP contribution in [0.1, 0.15) is 43.9 Å². The summed E-state index contributed by atoms with van der Waals surface area (Å²) in [6.45, 7) is 5.61. The van der Waals surface area contributed by atoms with E-state index in [1.807, 2.05) is 19.1 Å². The summed E-state index contributed by atoms with van der Waals surface area (Å²) in [5.41, 5.74) is 1.87. The average Bonchev–Trinajstić information content (AvgIpc) is 2.86. The van der Waals surface area contributed by atoms with E-state index in [9.17, 15) is 4.79 Å². The SMILES string of the molecule is CCC[C@@]1(COC)CCCN1C(=O)Cc1ccc(C)nc1. The largest absolute Gasteiger partial charge is 0.382 e. The van der Waals surface area contributed by atoms with Gasteiger partial charge in [-0.2, -0.15) is 0 Å². The van der Waals surface area contributed by atoms with Gasteiger partial charge in [0.05, 0.1) is 18.6 Å². The van der Waals surface area contributed by atoms with Gasteiger partial charge < -0.3 is 9.64 Å². The Bertz CT molecular complexity index is 464. The van der Waals surface area contributed by atoms with Crippen LogP contribution in [0.4, 0.5) is 0 Å². The Hall–Kier alpha value is -1.42. The van der Waals surface area contributed by atoms with Crippen molar-refractivity contribution in [2.75, 3.05) is 20.3 Å². The smallest absolute Gasteiger partial charge is 0.227 e. The number of methoxy groups -OCH3 is 1. The van der Waals surface area contributed by atoms with Gasteiger partial charge in [-0.05, 0) is 37.8 Å². The van der Waals surface area contributed by atoms with Crippen LogP contribution in [0.3, 0.4) is 0 Å². The molecule has 2 rings (SSSR count). The standard InChI is InChI=1S/C17H26N2O2/c1-4-8-17(13-21-3)9-5-10-19(17)16(20)11-15-7-6-14(2)18-12-15/h6-7,12H,4-5,8-11,13H2,1-3H3/t17-/m0/s1. The molecule has 1 aromatic heterocycles. The quantitative estimate of drug-likeness (QED) is 0.809. The molecule has 0 N–H and O–H groups in total. The Labute approximate surface area is 127 Å². The number of carbonyl (C=O) groups is 1. The molecule has 1 fully saturated rings. The van der Waals surface area contributed by atoms with Gasteiger partial charge in [-0.3, -0.25) is 9.78 Å². The van der Waals surface area contributed by atoms with E-state index in [1.165, 1.54) is 0 Å². The fourth-order valence-corrected chi connectivity index (χ4v) is 3.42. The van der Waals surface area contributed by atoms with Crippen molar-refractivity contribution < 1.29 is 9.53 Å². The minimum absolute atomic E-state index is 0.0985. The van der Waals surface area contributed by atoms with Gasteiger partial charge in [0.1, 0.15) is 0 Å². The van der Waals surface area contributed by atoms with E-state index in [4.69, 9.17) is 4.74 Å². The summed E-state index contributed by atoms with van der Waals surface area (Å²) in [4.78, 5) is 19.0. The molecule has 0 spiro atoms. The number of pyridine rings is 1. The number of aryl methyl sites for hydroxylation is 1. The van der Waals surface area contributed by atoms with E-state index >= 15 is 0 Å². The second-order valence-electron chi connectivity index (χ2n) is 6.04. The van der Waals surface area contributed by atoms with Crippen molar-refractivity contribution in [2.24, 2.45) is 0 Å². The Balaban J connectivity index is 2.10. The maximum atomic E-state index is 12.7. The molecule has 1 saturated heterocycles. The topological polar surface area (TPSA) is 42.4 Å². The number of nitrogens with zero attached hydrogens (tertiary/aromatic N) is 2. The molecule has 1 atom stereocenters.